The van der Waals surface area contributed by atoms with Gasteiger partial charge in [0.25, 0.3) is 0 Å². The molecule has 0 aromatic heterocycles. The summed E-state index contributed by atoms with van der Waals surface area (Å²) in [6.45, 7) is 3.69. The topological polar surface area (TPSA) is 64.3 Å². The molecule has 15 heavy (non-hydrogen) atoms. The van der Waals surface area contributed by atoms with Gasteiger partial charge in [-0.15, -0.1) is 0 Å². The summed E-state index contributed by atoms with van der Waals surface area (Å²) in [4.78, 5) is 11.2. The molecule has 1 rings (SSSR count). The number of hydrogen-bond acceptors (Lipinski definition) is 4. The average Bonchev–Trinajstić information content (AvgIpc) is 2.20. The molecule has 1 aromatic carbocycles. The Hall–Kier alpha value is -1.71. The molecule has 0 spiro atoms. The van der Waals surface area contributed by atoms with E-state index in [0.717, 1.165) is 11.3 Å². The van der Waals surface area contributed by atoms with Crippen LogP contribution in [0.1, 0.15) is 12.5 Å². The Kier molecular flexibility index (Phi) is 3.55. The average molecular weight is 208 g/mol. The second-order valence-electron chi connectivity index (χ2n) is 3.48. The Morgan fingerprint density at radius 1 is 1.53 bits per heavy atom. The number of carbonyl (C=O) groups excluding carboxylic acids is 1. The summed E-state index contributed by atoms with van der Waals surface area (Å²) in [5.74, 6) is -0.310. The summed E-state index contributed by atoms with van der Waals surface area (Å²) in [5, 5.41) is 2.99. The molecular formula is C11H16N2O2. The van der Waals surface area contributed by atoms with Gasteiger partial charge in [-0.3, -0.25) is 0 Å². The first-order valence-electron chi connectivity index (χ1n) is 4.75. The maximum absolute atomic E-state index is 11.2. The van der Waals surface area contributed by atoms with E-state index in [0.29, 0.717) is 5.69 Å². The number of anilines is 2. The number of nitrogens with two attached hydrogens (primary N) is 1. The van der Waals surface area contributed by atoms with Gasteiger partial charge in [-0.1, -0.05) is 6.07 Å². The van der Waals surface area contributed by atoms with Crippen molar-refractivity contribution in [3.05, 3.63) is 23.8 Å². The molecule has 1 aromatic rings. The van der Waals surface area contributed by atoms with E-state index < -0.39 is 6.04 Å². The second-order valence-corrected chi connectivity index (χ2v) is 3.48. The third kappa shape index (κ3) is 2.87. The zero-order valence-electron chi connectivity index (χ0n) is 9.20. The molecule has 0 amide bonds. The minimum absolute atomic E-state index is 0.310. The number of esters is 1. The number of ether oxygens (including phenoxy) is 1. The molecule has 0 radical (unpaired) electrons. The number of carbonyl (C=O) groups is 1. The third-order valence-corrected chi connectivity index (χ3v) is 2.13. The maximum Gasteiger partial charge on any atom is 0.327 e. The molecule has 0 aliphatic heterocycles. The van der Waals surface area contributed by atoms with E-state index >= 15 is 0 Å². The SMILES string of the molecule is COC(=O)C(C)Nc1ccc(C)cc1N. The minimum atomic E-state index is -0.403. The number of hydrogen-bond donors (Lipinski definition) is 2. The monoisotopic (exact) mass is 208 g/mol. The number of methoxy groups -OCH3 is 1. The lowest BCUT2D eigenvalue weighted by Gasteiger charge is -2.14. The van der Waals surface area contributed by atoms with E-state index in [9.17, 15) is 4.79 Å². The molecule has 1 unspecified atom stereocenters. The predicted octanol–water partition coefficient (Wildman–Crippen LogP) is 1.55. The van der Waals surface area contributed by atoms with Crippen molar-refractivity contribution in [1.29, 1.82) is 0 Å². The fourth-order valence-corrected chi connectivity index (χ4v) is 1.28. The summed E-state index contributed by atoms with van der Waals surface area (Å²) in [6.07, 6.45) is 0. The number of benzene rings is 1. The van der Waals surface area contributed by atoms with Gasteiger partial charge in [0, 0.05) is 0 Å². The van der Waals surface area contributed by atoms with Crippen LogP contribution in [0.3, 0.4) is 0 Å². The van der Waals surface area contributed by atoms with Crippen molar-refractivity contribution in [2.24, 2.45) is 0 Å². The molecular weight excluding hydrogens is 192 g/mol. The lowest BCUT2D eigenvalue weighted by Crippen LogP contribution is -2.27. The molecule has 1 atom stereocenters. The highest BCUT2D eigenvalue weighted by Crippen LogP contribution is 2.20. The van der Waals surface area contributed by atoms with Crippen LogP contribution in [0.25, 0.3) is 0 Å². The minimum Gasteiger partial charge on any atom is -0.467 e. The maximum atomic E-state index is 11.2. The molecule has 0 aliphatic rings. The first-order valence-corrected chi connectivity index (χ1v) is 4.75. The molecule has 0 fully saturated rings. The summed E-state index contributed by atoms with van der Waals surface area (Å²) in [5.41, 5.74) is 8.26. The van der Waals surface area contributed by atoms with Gasteiger partial charge in [0.15, 0.2) is 0 Å². The molecule has 0 heterocycles. The molecule has 4 nitrogen and oxygen atoms in total. The van der Waals surface area contributed by atoms with Gasteiger partial charge < -0.3 is 15.8 Å². The van der Waals surface area contributed by atoms with Crippen LogP contribution >= 0.6 is 0 Å². The van der Waals surface area contributed by atoms with Crippen LogP contribution in [0.5, 0.6) is 0 Å². The van der Waals surface area contributed by atoms with E-state index in [1.165, 1.54) is 7.11 Å². The van der Waals surface area contributed by atoms with Crippen molar-refractivity contribution < 1.29 is 9.53 Å². The standard InChI is InChI=1S/C11H16N2O2/c1-7-4-5-10(9(12)6-7)13-8(2)11(14)15-3/h4-6,8,13H,12H2,1-3H3. The van der Waals surface area contributed by atoms with Crippen molar-refractivity contribution in [2.75, 3.05) is 18.2 Å². The summed E-state index contributed by atoms with van der Waals surface area (Å²) < 4.78 is 4.61. The van der Waals surface area contributed by atoms with Crippen LogP contribution in [0.15, 0.2) is 18.2 Å². The van der Waals surface area contributed by atoms with Crippen LogP contribution in [0, 0.1) is 6.92 Å². The Balaban J connectivity index is 2.76. The van der Waals surface area contributed by atoms with Crippen LogP contribution < -0.4 is 11.1 Å². The largest absolute Gasteiger partial charge is 0.467 e. The summed E-state index contributed by atoms with van der Waals surface area (Å²) in [7, 11) is 1.36. The normalized spacial score (nSPS) is 11.9. The zero-order valence-corrected chi connectivity index (χ0v) is 9.20. The molecule has 0 bridgehead atoms. The van der Waals surface area contributed by atoms with Crippen LogP contribution in [0.4, 0.5) is 11.4 Å². The Labute approximate surface area is 89.4 Å². The summed E-state index contributed by atoms with van der Waals surface area (Å²) >= 11 is 0. The van der Waals surface area contributed by atoms with Gasteiger partial charge >= 0.3 is 5.97 Å². The first kappa shape index (κ1) is 11.4. The number of nitrogens with one attached hydrogen (secondary N) is 1. The van der Waals surface area contributed by atoms with E-state index in [-0.39, 0.29) is 5.97 Å². The molecule has 82 valence electrons. The van der Waals surface area contributed by atoms with E-state index in [1.54, 1.807) is 6.92 Å². The van der Waals surface area contributed by atoms with E-state index in [1.807, 2.05) is 25.1 Å². The highest BCUT2D eigenvalue weighted by molar-refractivity contribution is 5.80. The van der Waals surface area contributed by atoms with Gasteiger partial charge in [0.1, 0.15) is 6.04 Å². The molecule has 0 saturated heterocycles. The highest BCUT2D eigenvalue weighted by atomic mass is 16.5. The van der Waals surface area contributed by atoms with Gasteiger partial charge in [-0.25, -0.2) is 4.79 Å². The van der Waals surface area contributed by atoms with Crippen LogP contribution in [-0.2, 0) is 9.53 Å². The quantitative estimate of drug-likeness (QED) is 0.584. The fourth-order valence-electron chi connectivity index (χ4n) is 1.28. The van der Waals surface area contributed by atoms with E-state index in [4.69, 9.17) is 5.73 Å². The Morgan fingerprint density at radius 2 is 2.20 bits per heavy atom. The first-order chi connectivity index (χ1) is 7.04. The predicted molar refractivity (Wildman–Crippen MR) is 60.7 cm³/mol. The number of nitrogen functional groups attached to an aromatic ring is 1. The fraction of sp³-hybridized carbons (Fsp3) is 0.364. The summed E-state index contributed by atoms with van der Waals surface area (Å²) in [6, 6.07) is 5.24. The molecule has 4 heteroatoms. The smallest absolute Gasteiger partial charge is 0.327 e. The van der Waals surface area contributed by atoms with Gasteiger partial charge in [-0.05, 0) is 31.5 Å². The van der Waals surface area contributed by atoms with Crippen LogP contribution in [0.2, 0.25) is 0 Å². The van der Waals surface area contributed by atoms with Gasteiger partial charge in [0.2, 0.25) is 0 Å². The molecule has 0 aliphatic carbocycles. The molecule has 0 saturated carbocycles. The Bertz CT molecular complexity index is 364. The zero-order chi connectivity index (χ0) is 11.4. The van der Waals surface area contributed by atoms with Crippen molar-refractivity contribution in [3.63, 3.8) is 0 Å². The van der Waals surface area contributed by atoms with Crippen LogP contribution in [-0.4, -0.2) is 19.1 Å². The highest BCUT2D eigenvalue weighted by Gasteiger charge is 2.13. The van der Waals surface area contributed by atoms with Crippen molar-refractivity contribution in [1.82, 2.24) is 0 Å². The lowest BCUT2D eigenvalue weighted by molar-refractivity contribution is -0.141. The van der Waals surface area contributed by atoms with Gasteiger partial charge in [0.05, 0.1) is 18.5 Å². The van der Waals surface area contributed by atoms with Crippen molar-refractivity contribution in [3.8, 4) is 0 Å². The third-order valence-electron chi connectivity index (χ3n) is 2.13. The Morgan fingerprint density at radius 3 is 2.73 bits per heavy atom. The van der Waals surface area contributed by atoms with Crippen molar-refractivity contribution in [2.45, 2.75) is 19.9 Å². The lowest BCUT2D eigenvalue weighted by atomic mass is 10.2. The van der Waals surface area contributed by atoms with E-state index in [2.05, 4.69) is 10.1 Å². The van der Waals surface area contributed by atoms with Crippen molar-refractivity contribution >= 4 is 17.3 Å². The van der Waals surface area contributed by atoms with Gasteiger partial charge in [-0.2, -0.15) is 0 Å². The number of aryl methyl sites for hydroxylation is 1. The number of rotatable bonds is 3. The second kappa shape index (κ2) is 4.68. The molecule has 3 N–H and O–H groups in total.